The number of carbonyl (C=O) groups excluding carboxylic acids is 1. The van der Waals surface area contributed by atoms with Crippen molar-refractivity contribution >= 4 is 11.6 Å². The van der Waals surface area contributed by atoms with E-state index in [0.717, 1.165) is 0 Å². The second-order valence-electron chi connectivity index (χ2n) is 1.57. The van der Waals surface area contributed by atoms with Gasteiger partial charge >= 0.3 is 0 Å². The summed E-state index contributed by atoms with van der Waals surface area (Å²) in [5, 5.41) is 0. The zero-order valence-electron chi connectivity index (χ0n) is 5.87. The SMILES string of the molecule is C=C/C(=N\C=C/C)C(N)=O. The summed E-state index contributed by atoms with van der Waals surface area (Å²) in [6.07, 6.45) is 4.51. The van der Waals surface area contributed by atoms with E-state index in [2.05, 4.69) is 11.6 Å². The van der Waals surface area contributed by atoms with Gasteiger partial charge in [0.15, 0.2) is 0 Å². The predicted octanol–water partition coefficient (Wildman–Crippen LogP) is 0.632. The monoisotopic (exact) mass is 138 g/mol. The summed E-state index contributed by atoms with van der Waals surface area (Å²) >= 11 is 0. The van der Waals surface area contributed by atoms with Crippen molar-refractivity contribution in [2.24, 2.45) is 10.7 Å². The first-order valence-corrected chi connectivity index (χ1v) is 2.83. The molecule has 0 aliphatic heterocycles. The lowest BCUT2D eigenvalue weighted by atomic mass is 10.3. The largest absolute Gasteiger partial charge is 0.364 e. The maximum atomic E-state index is 10.4. The number of hydrogen-bond donors (Lipinski definition) is 1. The minimum Gasteiger partial charge on any atom is -0.364 e. The van der Waals surface area contributed by atoms with Crippen LogP contribution in [0, 0.1) is 0 Å². The van der Waals surface area contributed by atoms with Crippen molar-refractivity contribution in [3.05, 3.63) is 24.9 Å². The molecule has 0 unspecified atom stereocenters. The number of primary amides is 1. The average Bonchev–Trinajstić information content (AvgIpc) is 1.89. The molecule has 0 saturated carbocycles. The fraction of sp³-hybridized carbons (Fsp3) is 0.143. The lowest BCUT2D eigenvalue weighted by molar-refractivity contribution is -0.111. The van der Waals surface area contributed by atoms with Crippen molar-refractivity contribution in [3.63, 3.8) is 0 Å². The Morgan fingerprint density at radius 2 is 2.30 bits per heavy atom. The van der Waals surface area contributed by atoms with E-state index in [4.69, 9.17) is 5.73 Å². The third-order valence-electron chi connectivity index (χ3n) is 0.808. The average molecular weight is 138 g/mol. The summed E-state index contributed by atoms with van der Waals surface area (Å²) in [6, 6.07) is 0. The lowest BCUT2D eigenvalue weighted by Gasteiger charge is -1.88. The van der Waals surface area contributed by atoms with E-state index in [1.807, 2.05) is 0 Å². The first-order chi connectivity index (χ1) is 4.72. The van der Waals surface area contributed by atoms with Gasteiger partial charge in [0.1, 0.15) is 5.71 Å². The van der Waals surface area contributed by atoms with E-state index in [9.17, 15) is 4.79 Å². The van der Waals surface area contributed by atoms with Gasteiger partial charge in [-0.3, -0.25) is 9.79 Å². The van der Waals surface area contributed by atoms with Gasteiger partial charge in [0.25, 0.3) is 5.91 Å². The van der Waals surface area contributed by atoms with Crippen LogP contribution in [0.3, 0.4) is 0 Å². The third-order valence-corrected chi connectivity index (χ3v) is 0.808. The topological polar surface area (TPSA) is 55.4 Å². The van der Waals surface area contributed by atoms with E-state index >= 15 is 0 Å². The number of allylic oxidation sites excluding steroid dienone is 1. The molecule has 0 radical (unpaired) electrons. The van der Waals surface area contributed by atoms with Crippen LogP contribution in [0.4, 0.5) is 0 Å². The Labute approximate surface area is 59.9 Å². The van der Waals surface area contributed by atoms with Crippen LogP contribution in [0.15, 0.2) is 29.9 Å². The van der Waals surface area contributed by atoms with Gasteiger partial charge < -0.3 is 5.73 Å². The number of amides is 1. The zero-order valence-corrected chi connectivity index (χ0v) is 5.87. The molecule has 0 atom stereocenters. The maximum absolute atomic E-state index is 10.4. The zero-order chi connectivity index (χ0) is 7.98. The van der Waals surface area contributed by atoms with Gasteiger partial charge in [-0.25, -0.2) is 0 Å². The van der Waals surface area contributed by atoms with Crippen LogP contribution in [0.5, 0.6) is 0 Å². The molecule has 1 amide bonds. The molecule has 0 aromatic carbocycles. The quantitative estimate of drug-likeness (QED) is 0.571. The highest BCUT2D eigenvalue weighted by Crippen LogP contribution is 1.81. The highest BCUT2D eigenvalue weighted by Gasteiger charge is 1.97. The van der Waals surface area contributed by atoms with Crippen molar-refractivity contribution in [1.29, 1.82) is 0 Å². The van der Waals surface area contributed by atoms with Crippen LogP contribution in [0.1, 0.15) is 6.92 Å². The smallest absolute Gasteiger partial charge is 0.267 e. The second kappa shape index (κ2) is 4.49. The number of nitrogens with two attached hydrogens (primary N) is 1. The maximum Gasteiger partial charge on any atom is 0.267 e. The molecule has 0 rings (SSSR count). The molecule has 0 heterocycles. The first kappa shape index (κ1) is 8.62. The van der Waals surface area contributed by atoms with Crippen LogP contribution in [0.25, 0.3) is 0 Å². The molecule has 0 fully saturated rings. The van der Waals surface area contributed by atoms with Crippen LogP contribution < -0.4 is 5.73 Å². The van der Waals surface area contributed by atoms with Gasteiger partial charge in [-0.2, -0.15) is 0 Å². The molecule has 0 bridgehead atoms. The molecular weight excluding hydrogens is 128 g/mol. The number of nitrogens with zero attached hydrogens (tertiary/aromatic N) is 1. The molecule has 10 heavy (non-hydrogen) atoms. The van der Waals surface area contributed by atoms with Crippen molar-refractivity contribution in [2.75, 3.05) is 0 Å². The Kier molecular flexibility index (Phi) is 3.87. The van der Waals surface area contributed by atoms with Gasteiger partial charge in [-0.15, -0.1) is 0 Å². The summed E-state index contributed by atoms with van der Waals surface area (Å²) in [6.45, 7) is 5.17. The normalized spacial score (nSPS) is 11.9. The van der Waals surface area contributed by atoms with E-state index in [0.29, 0.717) is 0 Å². The Morgan fingerprint density at radius 1 is 1.70 bits per heavy atom. The van der Waals surface area contributed by atoms with E-state index < -0.39 is 5.91 Å². The molecule has 2 N–H and O–H groups in total. The van der Waals surface area contributed by atoms with Crippen LogP contribution in [0.2, 0.25) is 0 Å². The summed E-state index contributed by atoms with van der Waals surface area (Å²) in [7, 11) is 0. The van der Waals surface area contributed by atoms with E-state index in [1.54, 1.807) is 13.0 Å². The summed E-state index contributed by atoms with van der Waals surface area (Å²) in [4.78, 5) is 14.1. The molecule has 0 aromatic rings. The highest BCUT2D eigenvalue weighted by atomic mass is 16.1. The van der Waals surface area contributed by atoms with Crippen LogP contribution in [-0.2, 0) is 4.79 Å². The Morgan fingerprint density at radius 3 is 2.60 bits per heavy atom. The van der Waals surface area contributed by atoms with Gasteiger partial charge in [-0.05, 0) is 13.0 Å². The second-order valence-corrected chi connectivity index (χ2v) is 1.57. The van der Waals surface area contributed by atoms with Gasteiger partial charge in [0.05, 0.1) is 0 Å². The van der Waals surface area contributed by atoms with Crippen molar-refractivity contribution in [3.8, 4) is 0 Å². The fourth-order valence-electron chi connectivity index (χ4n) is 0.372. The molecule has 3 nitrogen and oxygen atoms in total. The molecule has 0 aliphatic rings. The Bertz CT molecular complexity index is 192. The number of aliphatic imine (C=N–C) groups is 1. The molecule has 3 heteroatoms. The van der Waals surface area contributed by atoms with Gasteiger partial charge in [0.2, 0.25) is 0 Å². The molecule has 0 aromatic heterocycles. The molecular formula is C7H10N2O. The van der Waals surface area contributed by atoms with Crippen molar-refractivity contribution in [1.82, 2.24) is 0 Å². The van der Waals surface area contributed by atoms with Crippen molar-refractivity contribution in [2.45, 2.75) is 6.92 Å². The number of rotatable bonds is 3. The number of hydrogen-bond acceptors (Lipinski definition) is 2. The summed E-state index contributed by atoms with van der Waals surface area (Å²) in [5.74, 6) is -0.562. The third kappa shape index (κ3) is 2.81. The summed E-state index contributed by atoms with van der Waals surface area (Å²) < 4.78 is 0. The Balaban J connectivity index is 4.33. The number of carbonyl (C=O) groups is 1. The lowest BCUT2D eigenvalue weighted by Crippen LogP contribution is -2.20. The van der Waals surface area contributed by atoms with Crippen LogP contribution in [-0.4, -0.2) is 11.6 Å². The standard InChI is InChI=1S/C7H10N2O/c1-3-5-9-6(4-2)7(8)10/h3-5H,2H2,1H3,(H2,8,10)/b5-3-,9-6+. The van der Waals surface area contributed by atoms with Crippen molar-refractivity contribution < 1.29 is 4.79 Å². The minimum absolute atomic E-state index is 0.179. The predicted molar refractivity (Wildman–Crippen MR) is 41.6 cm³/mol. The van der Waals surface area contributed by atoms with E-state index in [-0.39, 0.29) is 5.71 Å². The molecule has 0 saturated heterocycles. The first-order valence-electron chi connectivity index (χ1n) is 2.83. The molecule has 0 aliphatic carbocycles. The molecule has 0 spiro atoms. The Hall–Kier alpha value is -1.38. The summed E-state index contributed by atoms with van der Waals surface area (Å²) in [5.41, 5.74) is 5.09. The van der Waals surface area contributed by atoms with Gasteiger partial charge in [-0.1, -0.05) is 12.7 Å². The van der Waals surface area contributed by atoms with Crippen LogP contribution >= 0.6 is 0 Å². The van der Waals surface area contributed by atoms with Gasteiger partial charge in [0, 0.05) is 6.20 Å². The minimum atomic E-state index is -0.562. The highest BCUT2D eigenvalue weighted by molar-refractivity contribution is 6.42. The fourth-order valence-corrected chi connectivity index (χ4v) is 0.372. The molecule has 54 valence electrons. The van der Waals surface area contributed by atoms with E-state index in [1.165, 1.54) is 12.3 Å².